The lowest BCUT2D eigenvalue weighted by Gasteiger charge is -1.94. The highest BCUT2D eigenvalue weighted by atomic mass is 16.3. The van der Waals surface area contributed by atoms with Gasteiger partial charge in [-0.2, -0.15) is 0 Å². The lowest BCUT2D eigenvalue weighted by Crippen LogP contribution is -2.17. The Kier molecular flexibility index (Phi) is 1.94. The van der Waals surface area contributed by atoms with E-state index in [1.54, 1.807) is 6.92 Å². The van der Waals surface area contributed by atoms with Gasteiger partial charge < -0.3 is 10.4 Å². The van der Waals surface area contributed by atoms with E-state index in [0.717, 1.165) is 0 Å². The van der Waals surface area contributed by atoms with Crippen LogP contribution in [0.3, 0.4) is 0 Å². The number of carbonyl (C=O) groups excluding carboxylic acids is 2. The van der Waals surface area contributed by atoms with Gasteiger partial charge in [-0.1, -0.05) is 6.92 Å². The summed E-state index contributed by atoms with van der Waals surface area (Å²) in [6.07, 6.45) is 0.314. The van der Waals surface area contributed by atoms with E-state index in [9.17, 15) is 9.59 Å². The molecule has 0 unspecified atom stereocenters. The van der Waals surface area contributed by atoms with E-state index in [1.165, 1.54) is 0 Å². The number of ketones is 1. The fourth-order valence-electron chi connectivity index (χ4n) is 0.917. The molecule has 0 aliphatic carbocycles. The summed E-state index contributed by atoms with van der Waals surface area (Å²) >= 11 is 0. The second-order valence-electron chi connectivity index (χ2n) is 2.29. The zero-order valence-corrected chi connectivity index (χ0v) is 6.18. The van der Waals surface area contributed by atoms with Crippen molar-refractivity contribution >= 4 is 11.7 Å². The van der Waals surface area contributed by atoms with Crippen molar-refractivity contribution in [3.8, 4) is 0 Å². The molecule has 0 aromatic heterocycles. The Morgan fingerprint density at radius 2 is 2.36 bits per heavy atom. The Hall–Kier alpha value is -1.32. The molecule has 0 bridgehead atoms. The summed E-state index contributed by atoms with van der Waals surface area (Å²) in [6, 6.07) is 0. The quantitative estimate of drug-likeness (QED) is 0.585. The molecule has 0 saturated carbocycles. The Morgan fingerprint density at radius 1 is 1.73 bits per heavy atom. The number of carbonyl (C=O) groups is 2. The first-order chi connectivity index (χ1) is 5.16. The predicted octanol–water partition coefficient (Wildman–Crippen LogP) is -0.0926. The summed E-state index contributed by atoms with van der Waals surface area (Å²) in [7, 11) is 0. The molecule has 0 aromatic rings. The summed E-state index contributed by atoms with van der Waals surface area (Å²) < 4.78 is 0. The maximum absolute atomic E-state index is 11.0. The van der Waals surface area contributed by atoms with Crippen LogP contribution in [0.1, 0.15) is 13.3 Å². The van der Waals surface area contributed by atoms with E-state index in [2.05, 4.69) is 5.32 Å². The highest BCUT2D eigenvalue weighted by Gasteiger charge is 2.25. The summed E-state index contributed by atoms with van der Waals surface area (Å²) in [5, 5.41) is 11.4. The molecule has 4 nitrogen and oxygen atoms in total. The third-order valence-corrected chi connectivity index (χ3v) is 1.58. The summed E-state index contributed by atoms with van der Waals surface area (Å²) in [5.41, 5.74) is 0.206. The molecule has 0 spiro atoms. The maximum Gasteiger partial charge on any atom is 0.286 e. The van der Waals surface area contributed by atoms with Gasteiger partial charge in [0.1, 0.15) is 0 Å². The Labute approximate surface area is 63.9 Å². The van der Waals surface area contributed by atoms with Crippen LogP contribution < -0.4 is 5.32 Å². The van der Waals surface area contributed by atoms with Gasteiger partial charge in [0.15, 0.2) is 11.5 Å². The molecule has 60 valence electrons. The number of aliphatic hydroxyl groups is 1. The molecule has 2 N–H and O–H groups in total. The number of Topliss-reactive ketones (excluding diaryl/α,β-unsaturated/α-hetero) is 1. The van der Waals surface area contributed by atoms with E-state index in [1.807, 2.05) is 0 Å². The minimum Gasteiger partial charge on any atom is -0.503 e. The van der Waals surface area contributed by atoms with Crippen LogP contribution in [0.2, 0.25) is 0 Å². The van der Waals surface area contributed by atoms with Crippen LogP contribution >= 0.6 is 0 Å². The van der Waals surface area contributed by atoms with Gasteiger partial charge in [0, 0.05) is 6.42 Å². The molecule has 0 atom stereocenters. The second-order valence-corrected chi connectivity index (χ2v) is 2.29. The molecule has 0 aromatic carbocycles. The van der Waals surface area contributed by atoms with Crippen LogP contribution in [-0.4, -0.2) is 23.3 Å². The minimum absolute atomic E-state index is 0.164. The molecule has 1 aliphatic rings. The van der Waals surface area contributed by atoms with Crippen molar-refractivity contribution in [1.82, 2.24) is 5.32 Å². The number of rotatable bonds is 2. The molecule has 1 aliphatic heterocycles. The normalized spacial score (nSPS) is 17.0. The van der Waals surface area contributed by atoms with Gasteiger partial charge in [-0.05, 0) is 0 Å². The first-order valence-electron chi connectivity index (χ1n) is 3.40. The van der Waals surface area contributed by atoms with E-state index in [-0.39, 0.29) is 17.9 Å². The van der Waals surface area contributed by atoms with Crippen molar-refractivity contribution in [2.45, 2.75) is 13.3 Å². The molecular weight excluding hydrogens is 146 g/mol. The van der Waals surface area contributed by atoms with Gasteiger partial charge >= 0.3 is 0 Å². The number of aliphatic hydroxyl groups excluding tert-OH is 1. The third-order valence-electron chi connectivity index (χ3n) is 1.58. The number of nitrogens with one attached hydrogen (secondary N) is 1. The van der Waals surface area contributed by atoms with Crippen molar-refractivity contribution in [3.05, 3.63) is 11.3 Å². The molecule has 11 heavy (non-hydrogen) atoms. The van der Waals surface area contributed by atoms with Crippen molar-refractivity contribution in [1.29, 1.82) is 0 Å². The van der Waals surface area contributed by atoms with Gasteiger partial charge in [0.05, 0.1) is 12.1 Å². The zero-order valence-electron chi connectivity index (χ0n) is 6.18. The molecule has 0 fully saturated rings. The average Bonchev–Trinajstić information content (AvgIpc) is 2.32. The summed E-state index contributed by atoms with van der Waals surface area (Å²) in [4.78, 5) is 21.6. The highest BCUT2D eigenvalue weighted by Crippen LogP contribution is 2.10. The molecule has 1 amide bonds. The van der Waals surface area contributed by atoms with Crippen LogP contribution in [-0.2, 0) is 9.59 Å². The standard InChI is InChI=1S/C7H9NO3/c1-2-5(9)4-3-8-7(11)6(4)10/h10H,2-3H2,1H3,(H,8,11). The Balaban J connectivity index is 2.88. The van der Waals surface area contributed by atoms with Crippen molar-refractivity contribution < 1.29 is 14.7 Å². The number of hydrogen-bond donors (Lipinski definition) is 2. The molecule has 1 rings (SSSR count). The van der Waals surface area contributed by atoms with Crippen molar-refractivity contribution in [3.63, 3.8) is 0 Å². The van der Waals surface area contributed by atoms with Crippen LogP contribution in [0.25, 0.3) is 0 Å². The largest absolute Gasteiger partial charge is 0.503 e. The first kappa shape index (κ1) is 7.78. The van der Waals surface area contributed by atoms with E-state index >= 15 is 0 Å². The summed E-state index contributed by atoms with van der Waals surface area (Å²) in [6.45, 7) is 1.85. The topological polar surface area (TPSA) is 66.4 Å². The van der Waals surface area contributed by atoms with Gasteiger partial charge in [-0.25, -0.2) is 0 Å². The van der Waals surface area contributed by atoms with E-state index in [4.69, 9.17) is 5.11 Å². The minimum atomic E-state index is -0.554. The van der Waals surface area contributed by atoms with Gasteiger partial charge in [-0.3, -0.25) is 9.59 Å². The fourth-order valence-corrected chi connectivity index (χ4v) is 0.917. The van der Waals surface area contributed by atoms with Crippen molar-refractivity contribution in [2.75, 3.05) is 6.54 Å². The van der Waals surface area contributed by atoms with Crippen LogP contribution in [0.5, 0.6) is 0 Å². The Morgan fingerprint density at radius 3 is 2.73 bits per heavy atom. The fraction of sp³-hybridized carbons (Fsp3) is 0.429. The van der Waals surface area contributed by atoms with Gasteiger partial charge in [0.2, 0.25) is 0 Å². The average molecular weight is 155 g/mol. The molecule has 1 heterocycles. The van der Waals surface area contributed by atoms with Crippen molar-refractivity contribution in [2.24, 2.45) is 0 Å². The summed E-state index contributed by atoms with van der Waals surface area (Å²) in [5.74, 6) is -1.15. The molecule has 0 saturated heterocycles. The van der Waals surface area contributed by atoms with Crippen LogP contribution in [0.4, 0.5) is 0 Å². The van der Waals surface area contributed by atoms with Crippen LogP contribution in [0, 0.1) is 0 Å². The van der Waals surface area contributed by atoms with E-state index in [0.29, 0.717) is 6.42 Å². The highest BCUT2D eigenvalue weighted by molar-refractivity contribution is 6.07. The predicted molar refractivity (Wildman–Crippen MR) is 38.0 cm³/mol. The van der Waals surface area contributed by atoms with Crippen LogP contribution in [0.15, 0.2) is 11.3 Å². The smallest absolute Gasteiger partial charge is 0.286 e. The SMILES string of the molecule is CCC(=O)C1=C(O)C(=O)NC1. The monoisotopic (exact) mass is 155 g/mol. The number of hydrogen-bond acceptors (Lipinski definition) is 3. The molecular formula is C7H9NO3. The lowest BCUT2D eigenvalue weighted by atomic mass is 10.1. The van der Waals surface area contributed by atoms with E-state index < -0.39 is 11.7 Å². The second kappa shape index (κ2) is 2.74. The zero-order chi connectivity index (χ0) is 8.43. The maximum atomic E-state index is 11.0. The van der Waals surface area contributed by atoms with Gasteiger partial charge in [-0.15, -0.1) is 0 Å². The van der Waals surface area contributed by atoms with Gasteiger partial charge in [0.25, 0.3) is 5.91 Å². The third kappa shape index (κ3) is 1.24. The molecule has 4 heteroatoms. The molecule has 0 radical (unpaired) electrons. The lowest BCUT2D eigenvalue weighted by molar-refractivity contribution is -0.119. The Bertz CT molecular complexity index is 242. The number of amides is 1. The first-order valence-corrected chi connectivity index (χ1v) is 3.40.